The van der Waals surface area contributed by atoms with Crippen LogP contribution in [0.3, 0.4) is 0 Å². The second-order valence-electron chi connectivity index (χ2n) is 4.48. The van der Waals surface area contributed by atoms with Gasteiger partial charge in [0.05, 0.1) is 12.2 Å². The van der Waals surface area contributed by atoms with Gasteiger partial charge in [-0.2, -0.15) is 5.10 Å². The van der Waals surface area contributed by atoms with Crippen molar-refractivity contribution in [3.63, 3.8) is 0 Å². The van der Waals surface area contributed by atoms with Gasteiger partial charge in [-0.15, -0.1) is 0 Å². The summed E-state index contributed by atoms with van der Waals surface area (Å²) in [6.45, 7) is 3.62. The predicted molar refractivity (Wildman–Crippen MR) is 82.1 cm³/mol. The van der Waals surface area contributed by atoms with Gasteiger partial charge in [-0.1, -0.05) is 22.9 Å². The molecule has 0 bridgehead atoms. The van der Waals surface area contributed by atoms with Crippen molar-refractivity contribution in [3.8, 4) is 0 Å². The van der Waals surface area contributed by atoms with Gasteiger partial charge in [0.1, 0.15) is 0 Å². The first-order chi connectivity index (χ1) is 9.22. The van der Waals surface area contributed by atoms with Crippen molar-refractivity contribution >= 4 is 21.6 Å². The van der Waals surface area contributed by atoms with E-state index in [0.29, 0.717) is 6.54 Å². The molecular formula is C14H19BrN4. The van der Waals surface area contributed by atoms with E-state index in [-0.39, 0.29) is 6.04 Å². The molecule has 2 aromatic rings. The minimum absolute atomic E-state index is 0.0896. The average Bonchev–Trinajstić information content (AvgIpc) is 2.87. The molecule has 1 aromatic carbocycles. The molecule has 3 N–H and O–H groups in total. The van der Waals surface area contributed by atoms with Crippen LogP contribution in [0, 0.1) is 0 Å². The summed E-state index contributed by atoms with van der Waals surface area (Å²) < 4.78 is 3.03. The van der Waals surface area contributed by atoms with E-state index in [9.17, 15) is 0 Å². The van der Waals surface area contributed by atoms with Crippen LogP contribution in [0.4, 0.5) is 5.69 Å². The number of nitrogens with two attached hydrogens (primary N) is 1. The van der Waals surface area contributed by atoms with Crippen LogP contribution in [-0.4, -0.2) is 16.3 Å². The first-order valence-electron chi connectivity index (χ1n) is 6.47. The Kier molecular flexibility index (Phi) is 4.99. The molecule has 0 radical (unpaired) electrons. The van der Waals surface area contributed by atoms with Crippen LogP contribution in [0.1, 0.15) is 24.9 Å². The maximum Gasteiger partial charge on any atom is 0.0667 e. The van der Waals surface area contributed by atoms with E-state index in [1.165, 1.54) is 0 Å². The largest absolute Gasteiger partial charge is 0.377 e. The molecule has 0 aliphatic carbocycles. The number of benzene rings is 1. The molecule has 2 rings (SSSR count). The Labute approximate surface area is 122 Å². The molecule has 5 heteroatoms. The second kappa shape index (κ2) is 6.73. The fourth-order valence-corrected chi connectivity index (χ4v) is 2.20. The van der Waals surface area contributed by atoms with E-state index >= 15 is 0 Å². The highest BCUT2D eigenvalue weighted by molar-refractivity contribution is 9.10. The van der Waals surface area contributed by atoms with Gasteiger partial charge in [-0.25, -0.2) is 0 Å². The number of hydrogen-bond acceptors (Lipinski definition) is 3. The van der Waals surface area contributed by atoms with Crippen molar-refractivity contribution in [1.29, 1.82) is 0 Å². The van der Waals surface area contributed by atoms with Crippen LogP contribution < -0.4 is 11.1 Å². The highest BCUT2D eigenvalue weighted by Gasteiger charge is 2.11. The topological polar surface area (TPSA) is 55.9 Å². The highest BCUT2D eigenvalue weighted by Crippen LogP contribution is 2.20. The van der Waals surface area contributed by atoms with Crippen molar-refractivity contribution in [2.45, 2.75) is 25.9 Å². The van der Waals surface area contributed by atoms with E-state index in [2.05, 4.69) is 39.5 Å². The molecule has 0 aliphatic rings. The Bertz CT molecular complexity index is 506. The summed E-state index contributed by atoms with van der Waals surface area (Å²) in [4.78, 5) is 0. The number of nitrogens with one attached hydrogen (secondary N) is 1. The lowest BCUT2D eigenvalue weighted by Crippen LogP contribution is -2.20. The summed E-state index contributed by atoms with van der Waals surface area (Å²) in [5.41, 5.74) is 8.04. The number of anilines is 1. The summed E-state index contributed by atoms with van der Waals surface area (Å²) in [6, 6.07) is 8.17. The van der Waals surface area contributed by atoms with Gasteiger partial charge >= 0.3 is 0 Å². The number of aryl methyl sites for hydroxylation is 1. The molecule has 0 spiro atoms. The average molecular weight is 323 g/mol. The molecular weight excluding hydrogens is 304 g/mol. The fourth-order valence-electron chi connectivity index (χ4n) is 1.94. The molecule has 1 heterocycles. The zero-order chi connectivity index (χ0) is 13.7. The first kappa shape index (κ1) is 14.1. The molecule has 1 unspecified atom stereocenters. The van der Waals surface area contributed by atoms with Crippen molar-refractivity contribution in [2.75, 3.05) is 11.9 Å². The van der Waals surface area contributed by atoms with Crippen LogP contribution in [0.2, 0.25) is 0 Å². The first-order valence-corrected chi connectivity index (χ1v) is 7.26. The molecule has 19 heavy (non-hydrogen) atoms. The van der Waals surface area contributed by atoms with Crippen LogP contribution >= 0.6 is 15.9 Å². The summed E-state index contributed by atoms with van der Waals surface area (Å²) in [7, 11) is 0. The zero-order valence-corrected chi connectivity index (χ0v) is 12.6. The summed E-state index contributed by atoms with van der Waals surface area (Å²) >= 11 is 3.43. The molecule has 4 nitrogen and oxygen atoms in total. The van der Waals surface area contributed by atoms with E-state index in [4.69, 9.17) is 5.73 Å². The van der Waals surface area contributed by atoms with Crippen molar-refractivity contribution in [3.05, 3.63) is 46.7 Å². The monoisotopic (exact) mass is 322 g/mol. The Morgan fingerprint density at radius 1 is 1.37 bits per heavy atom. The van der Waals surface area contributed by atoms with E-state index in [1.807, 2.05) is 35.1 Å². The molecule has 0 saturated carbocycles. The van der Waals surface area contributed by atoms with E-state index in [1.54, 1.807) is 0 Å². The maximum atomic E-state index is 5.86. The molecule has 1 atom stereocenters. The van der Waals surface area contributed by atoms with Gasteiger partial charge in [0.15, 0.2) is 0 Å². The van der Waals surface area contributed by atoms with Gasteiger partial charge in [-0.3, -0.25) is 4.68 Å². The minimum Gasteiger partial charge on any atom is -0.377 e. The predicted octanol–water partition coefficient (Wildman–Crippen LogP) is 3.17. The van der Waals surface area contributed by atoms with Gasteiger partial charge < -0.3 is 11.1 Å². The third-order valence-corrected chi connectivity index (χ3v) is 3.46. The lowest BCUT2D eigenvalue weighted by atomic mass is 10.1. The molecule has 0 saturated heterocycles. The lowest BCUT2D eigenvalue weighted by Gasteiger charge is -2.16. The van der Waals surface area contributed by atoms with Gasteiger partial charge in [-0.05, 0) is 30.7 Å². The third kappa shape index (κ3) is 3.81. The molecule has 1 aromatic heterocycles. The van der Waals surface area contributed by atoms with Crippen LogP contribution in [-0.2, 0) is 6.54 Å². The van der Waals surface area contributed by atoms with Crippen molar-refractivity contribution in [1.82, 2.24) is 9.78 Å². The second-order valence-corrected chi connectivity index (χ2v) is 5.39. The standard InChI is InChI=1S/C14H19BrN4/c1-2-7-19-10-11(9-17-19)14(8-16)18-13-5-3-12(15)4-6-13/h3-6,9-10,14,18H,2,7-8,16H2,1H3. The van der Waals surface area contributed by atoms with Crippen molar-refractivity contribution < 1.29 is 0 Å². The number of hydrogen-bond donors (Lipinski definition) is 2. The van der Waals surface area contributed by atoms with Crippen molar-refractivity contribution in [2.24, 2.45) is 5.73 Å². The summed E-state index contributed by atoms with van der Waals surface area (Å²) in [5.74, 6) is 0. The molecule has 0 aliphatic heterocycles. The summed E-state index contributed by atoms with van der Waals surface area (Å²) in [5, 5.41) is 7.77. The van der Waals surface area contributed by atoms with E-state index < -0.39 is 0 Å². The lowest BCUT2D eigenvalue weighted by molar-refractivity contribution is 0.601. The van der Waals surface area contributed by atoms with Gasteiger partial charge in [0.2, 0.25) is 0 Å². The molecule has 102 valence electrons. The van der Waals surface area contributed by atoms with Gasteiger partial charge in [0, 0.05) is 35.0 Å². The van der Waals surface area contributed by atoms with E-state index in [0.717, 1.165) is 28.7 Å². The Balaban J connectivity index is 2.08. The smallest absolute Gasteiger partial charge is 0.0667 e. The number of nitrogens with zero attached hydrogens (tertiary/aromatic N) is 2. The molecule has 0 amide bonds. The third-order valence-electron chi connectivity index (χ3n) is 2.93. The fraction of sp³-hybridized carbons (Fsp3) is 0.357. The minimum atomic E-state index is 0.0896. The Hall–Kier alpha value is -1.33. The summed E-state index contributed by atoms with van der Waals surface area (Å²) in [6.07, 6.45) is 5.03. The highest BCUT2D eigenvalue weighted by atomic mass is 79.9. The normalized spacial score (nSPS) is 12.4. The zero-order valence-electron chi connectivity index (χ0n) is 11.0. The quantitative estimate of drug-likeness (QED) is 0.858. The van der Waals surface area contributed by atoms with Crippen LogP contribution in [0.15, 0.2) is 41.1 Å². The number of aromatic nitrogens is 2. The SMILES string of the molecule is CCCn1cc(C(CN)Nc2ccc(Br)cc2)cn1. The van der Waals surface area contributed by atoms with Gasteiger partial charge in [0.25, 0.3) is 0 Å². The number of rotatable bonds is 6. The Morgan fingerprint density at radius 3 is 2.74 bits per heavy atom. The Morgan fingerprint density at radius 2 is 2.11 bits per heavy atom. The number of halogens is 1. The maximum absolute atomic E-state index is 5.86. The molecule has 0 fully saturated rings. The van der Waals surface area contributed by atoms with Crippen LogP contribution in [0.25, 0.3) is 0 Å². The van der Waals surface area contributed by atoms with Crippen LogP contribution in [0.5, 0.6) is 0 Å².